The summed E-state index contributed by atoms with van der Waals surface area (Å²) in [5.41, 5.74) is 0. The Morgan fingerprint density at radius 2 is 2.07 bits per heavy atom. The molecule has 15 heavy (non-hydrogen) atoms. The smallest absolute Gasteiger partial charge is 0.237 e. The number of thioether (sulfide) groups is 1. The molecule has 0 heterocycles. The van der Waals surface area contributed by atoms with Crippen LogP contribution in [0.25, 0.3) is 0 Å². The van der Waals surface area contributed by atoms with Crippen molar-refractivity contribution in [3.05, 3.63) is 0 Å². The average molecular weight is 230 g/mol. The molecule has 0 bridgehead atoms. The second-order valence-corrected chi connectivity index (χ2v) is 5.26. The standard InChI is InChI=1S/C11H22N2OS/c1-8(12-2)11(14)13-9-6-4-5-7-10(9)15-3/h8-10,12H,4-7H2,1-3H3,(H,13,14). The van der Waals surface area contributed by atoms with E-state index in [2.05, 4.69) is 16.9 Å². The number of hydrogen-bond acceptors (Lipinski definition) is 3. The summed E-state index contributed by atoms with van der Waals surface area (Å²) in [6.45, 7) is 1.90. The summed E-state index contributed by atoms with van der Waals surface area (Å²) in [5.74, 6) is 0.128. The summed E-state index contributed by atoms with van der Waals surface area (Å²) in [6.07, 6.45) is 7.06. The highest BCUT2D eigenvalue weighted by molar-refractivity contribution is 7.99. The van der Waals surface area contributed by atoms with E-state index in [1.165, 1.54) is 19.3 Å². The molecule has 0 aromatic rings. The van der Waals surface area contributed by atoms with Crippen molar-refractivity contribution in [1.82, 2.24) is 10.6 Å². The fourth-order valence-corrected chi connectivity index (χ4v) is 2.92. The summed E-state index contributed by atoms with van der Waals surface area (Å²) in [4.78, 5) is 11.7. The van der Waals surface area contributed by atoms with Gasteiger partial charge in [0.15, 0.2) is 0 Å². The molecule has 1 rings (SSSR count). The van der Waals surface area contributed by atoms with Crippen LogP contribution in [-0.2, 0) is 4.79 Å². The quantitative estimate of drug-likeness (QED) is 0.767. The number of carbonyl (C=O) groups excluding carboxylic acids is 1. The van der Waals surface area contributed by atoms with Gasteiger partial charge in [0.05, 0.1) is 6.04 Å². The Kier molecular flexibility index (Phi) is 5.47. The second kappa shape index (κ2) is 6.38. The van der Waals surface area contributed by atoms with Crippen LogP contribution in [0.4, 0.5) is 0 Å². The van der Waals surface area contributed by atoms with Gasteiger partial charge in [0.2, 0.25) is 5.91 Å². The van der Waals surface area contributed by atoms with E-state index in [0.717, 1.165) is 6.42 Å². The number of rotatable bonds is 4. The van der Waals surface area contributed by atoms with Gasteiger partial charge in [-0.25, -0.2) is 0 Å². The Hall–Kier alpha value is -0.220. The van der Waals surface area contributed by atoms with Gasteiger partial charge >= 0.3 is 0 Å². The topological polar surface area (TPSA) is 41.1 Å². The van der Waals surface area contributed by atoms with Crippen molar-refractivity contribution in [3.8, 4) is 0 Å². The van der Waals surface area contributed by atoms with Gasteiger partial charge < -0.3 is 10.6 Å². The van der Waals surface area contributed by atoms with Gasteiger partial charge in [0.25, 0.3) is 0 Å². The molecule has 0 aromatic carbocycles. The van der Waals surface area contributed by atoms with Gasteiger partial charge in [-0.2, -0.15) is 11.8 Å². The lowest BCUT2D eigenvalue weighted by Crippen LogP contribution is -2.49. The first kappa shape index (κ1) is 12.8. The number of amides is 1. The third kappa shape index (κ3) is 3.68. The first-order valence-electron chi connectivity index (χ1n) is 5.69. The fraction of sp³-hybridized carbons (Fsp3) is 0.909. The fourth-order valence-electron chi connectivity index (χ4n) is 1.98. The Bertz CT molecular complexity index is 211. The molecule has 0 aromatic heterocycles. The van der Waals surface area contributed by atoms with Crippen molar-refractivity contribution in [1.29, 1.82) is 0 Å². The Morgan fingerprint density at radius 3 is 2.67 bits per heavy atom. The van der Waals surface area contributed by atoms with Crippen molar-refractivity contribution >= 4 is 17.7 Å². The molecule has 0 aliphatic heterocycles. The monoisotopic (exact) mass is 230 g/mol. The molecular formula is C11H22N2OS. The lowest BCUT2D eigenvalue weighted by molar-refractivity contribution is -0.123. The molecule has 3 atom stereocenters. The van der Waals surface area contributed by atoms with Crippen LogP contribution in [0.1, 0.15) is 32.6 Å². The molecule has 4 heteroatoms. The van der Waals surface area contributed by atoms with E-state index in [1.54, 1.807) is 0 Å². The van der Waals surface area contributed by atoms with Crippen LogP contribution in [0.15, 0.2) is 0 Å². The first-order valence-corrected chi connectivity index (χ1v) is 6.98. The zero-order valence-electron chi connectivity index (χ0n) is 9.88. The molecule has 0 radical (unpaired) electrons. The van der Waals surface area contributed by atoms with E-state index in [1.807, 2.05) is 25.7 Å². The largest absolute Gasteiger partial charge is 0.351 e. The molecule has 88 valence electrons. The third-order valence-electron chi connectivity index (χ3n) is 3.16. The van der Waals surface area contributed by atoms with Gasteiger partial charge in [0.1, 0.15) is 0 Å². The van der Waals surface area contributed by atoms with Gasteiger partial charge in [-0.05, 0) is 33.1 Å². The van der Waals surface area contributed by atoms with Crippen LogP contribution in [0, 0.1) is 0 Å². The highest BCUT2D eigenvalue weighted by Gasteiger charge is 2.26. The molecule has 2 N–H and O–H groups in total. The predicted molar refractivity (Wildman–Crippen MR) is 66.2 cm³/mol. The normalized spacial score (nSPS) is 28.5. The van der Waals surface area contributed by atoms with E-state index in [4.69, 9.17) is 0 Å². The van der Waals surface area contributed by atoms with Crippen LogP contribution in [0.5, 0.6) is 0 Å². The maximum Gasteiger partial charge on any atom is 0.237 e. The van der Waals surface area contributed by atoms with Crippen LogP contribution in [0.3, 0.4) is 0 Å². The number of nitrogens with one attached hydrogen (secondary N) is 2. The minimum atomic E-state index is -0.0885. The highest BCUT2D eigenvalue weighted by atomic mass is 32.2. The number of carbonyl (C=O) groups is 1. The van der Waals surface area contributed by atoms with Gasteiger partial charge in [-0.3, -0.25) is 4.79 Å². The van der Waals surface area contributed by atoms with E-state index in [-0.39, 0.29) is 11.9 Å². The molecule has 0 saturated heterocycles. The zero-order valence-corrected chi connectivity index (χ0v) is 10.7. The minimum absolute atomic E-state index is 0.0885. The second-order valence-electron chi connectivity index (χ2n) is 4.18. The molecule has 3 unspecified atom stereocenters. The molecule has 1 amide bonds. The SMILES string of the molecule is CNC(C)C(=O)NC1CCCCC1SC. The summed E-state index contributed by atoms with van der Waals surface area (Å²) < 4.78 is 0. The molecule has 1 fully saturated rings. The van der Waals surface area contributed by atoms with Crippen LogP contribution in [0.2, 0.25) is 0 Å². The Morgan fingerprint density at radius 1 is 1.40 bits per heavy atom. The van der Waals surface area contributed by atoms with Gasteiger partial charge in [0, 0.05) is 11.3 Å². The van der Waals surface area contributed by atoms with Crippen molar-refractivity contribution in [2.75, 3.05) is 13.3 Å². The predicted octanol–water partition coefficient (Wildman–Crippen LogP) is 1.38. The van der Waals surface area contributed by atoms with Crippen molar-refractivity contribution in [2.24, 2.45) is 0 Å². The summed E-state index contributed by atoms with van der Waals surface area (Å²) >= 11 is 1.88. The lowest BCUT2D eigenvalue weighted by Gasteiger charge is -2.31. The molecule has 1 saturated carbocycles. The summed E-state index contributed by atoms with van der Waals surface area (Å²) in [7, 11) is 1.82. The van der Waals surface area contributed by atoms with E-state index in [0.29, 0.717) is 11.3 Å². The van der Waals surface area contributed by atoms with Crippen molar-refractivity contribution in [3.63, 3.8) is 0 Å². The molecule has 1 aliphatic carbocycles. The Labute approximate surface area is 96.8 Å². The van der Waals surface area contributed by atoms with E-state index >= 15 is 0 Å². The summed E-state index contributed by atoms with van der Waals surface area (Å²) in [6, 6.07) is 0.284. The number of hydrogen-bond donors (Lipinski definition) is 2. The van der Waals surface area contributed by atoms with Crippen molar-refractivity contribution < 1.29 is 4.79 Å². The lowest BCUT2D eigenvalue weighted by atomic mass is 9.94. The third-order valence-corrected chi connectivity index (χ3v) is 4.33. The average Bonchev–Trinajstić information content (AvgIpc) is 2.28. The van der Waals surface area contributed by atoms with Crippen LogP contribution < -0.4 is 10.6 Å². The van der Waals surface area contributed by atoms with Gasteiger partial charge in [-0.15, -0.1) is 0 Å². The zero-order chi connectivity index (χ0) is 11.3. The maximum absolute atomic E-state index is 11.7. The molecule has 3 nitrogen and oxygen atoms in total. The molecular weight excluding hydrogens is 208 g/mol. The minimum Gasteiger partial charge on any atom is -0.351 e. The Balaban J connectivity index is 2.44. The van der Waals surface area contributed by atoms with Crippen LogP contribution in [-0.4, -0.2) is 36.5 Å². The van der Waals surface area contributed by atoms with E-state index < -0.39 is 0 Å². The highest BCUT2D eigenvalue weighted by Crippen LogP contribution is 2.27. The van der Waals surface area contributed by atoms with Crippen LogP contribution >= 0.6 is 11.8 Å². The van der Waals surface area contributed by atoms with Crippen molar-refractivity contribution in [2.45, 2.75) is 49.9 Å². The van der Waals surface area contributed by atoms with E-state index in [9.17, 15) is 4.79 Å². The number of likely N-dealkylation sites (N-methyl/N-ethyl adjacent to an activating group) is 1. The first-order chi connectivity index (χ1) is 7.19. The summed E-state index contributed by atoms with van der Waals surface area (Å²) in [5, 5.41) is 6.72. The maximum atomic E-state index is 11.7. The molecule has 0 spiro atoms. The van der Waals surface area contributed by atoms with Gasteiger partial charge in [-0.1, -0.05) is 12.8 Å². The molecule has 1 aliphatic rings.